The van der Waals surface area contributed by atoms with Gasteiger partial charge in [-0.1, -0.05) is 11.3 Å². The Morgan fingerprint density at radius 2 is 1.96 bits per heavy atom. The van der Waals surface area contributed by atoms with Crippen LogP contribution in [0.25, 0.3) is 11.4 Å². The van der Waals surface area contributed by atoms with Crippen molar-refractivity contribution >= 4 is 0 Å². The molecule has 1 atom stereocenters. The summed E-state index contributed by atoms with van der Waals surface area (Å²) in [6, 6.07) is 6.55. The van der Waals surface area contributed by atoms with Crippen molar-refractivity contribution in [2.24, 2.45) is 0 Å². The van der Waals surface area contributed by atoms with E-state index in [0.717, 1.165) is 29.9 Å². The van der Waals surface area contributed by atoms with Gasteiger partial charge in [0.1, 0.15) is 11.4 Å². The van der Waals surface area contributed by atoms with Crippen molar-refractivity contribution in [2.75, 3.05) is 0 Å². The average Bonchev–Trinajstić information content (AvgIpc) is 3.03. The van der Waals surface area contributed by atoms with Crippen molar-refractivity contribution in [3.63, 3.8) is 0 Å². The summed E-state index contributed by atoms with van der Waals surface area (Å²) in [6.07, 6.45) is 8.49. The molecule has 0 saturated heterocycles. The molecule has 134 valence electrons. The maximum absolute atomic E-state index is 4.88. The minimum absolute atomic E-state index is 0.0273. The van der Waals surface area contributed by atoms with Crippen LogP contribution in [-0.4, -0.2) is 29.8 Å². The van der Waals surface area contributed by atoms with E-state index in [2.05, 4.69) is 52.9 Å². The van der Waals surface area contributed by atoms with E-state index in [4.69, 9.17) is 5.10 Å². The van der Waals surface area contributed by atoms with Crippen LogP contribution >= 0.6 is 0 Å². The molecule has 3 aromatic rings. The minimum atomic E-state index is -0.0273. The van der Waals surface area contributed by atoms with Crippen molar-refractivity contribution in [1.82, 2.24) is 29.8 Å². The van der Waals surface area contributed by atoms with Crippen molar-refractivity contribution in [2.45, 2.75) is 64.0 Å². The molecule has 0 aliphatic heterocycles. The lowest BCUT2D eigenvalue weighted by Gasteiger charge is -2.22. The SMILES string of the molecule is CC(C)(C)n1nc(-c2cn(C3CCc4cccnc43)nn2)cc1C1CC1. The molecular formula is C20H24N6. The molecule has 5 rings (SSSR count). The molecule has 0 amide bonds. The summed E-state index contributed by atoms with van der Waals surface area (Å²) < 4.78 is 4.13. The molecule has 0 aromatic carbocycles. The summed E-state index contributed by atoms with van der Waals surface area (Å²) in [7, 11) is 0. The largest absolute Gasteiger partial charge is 0.263 e. The summed E-state index contributed by atoms with van der Waals surface area (Å²) in [5.41, 5.74) is 5.52. The van der Waals surface area contributed by atoms with E-state index < -0.39 is 0 Å². The molecule has 1 fully saturated rings. The minimum Gasteiger partial charge on any atom is -0.263 e. The first-order valence-electron chi connectivity index (χ1n) is 9.47. The summed E-state index contributed by atoms with van der Waals surface area (Å²) in [4.78, 5) is 4.57. The second-order valence-corrected chi connectivity index (χ2v) is 8.50. The number of nitrogens with zero attached hydrogens (tertiary/aromatic N) is 6. The predicted octanol–water partition coefficient (Wildman–Crippen LogP) is 3.70. The van der Waals surface area contributed by atoms with Gasteiger partial charge < -0.3 is 0 Å². The van der Waals surface area contributed by atoms with Crippen LogP contribution in [0.5, 0.6) is 0 Å². The Labute approximate surface area is 153 Å². The van der Waals surface area contributed by atoms with E-state index in [1.807, 2.05) is 23.1 Å². The van der Waals surface area contributed by atoms with E-state index in [9.17, 15) is 0 Å². The normalized spacial score (nSPS) is 19.7. The molecule has 6 heteroatoms. The highest BCUT2D eigenvalue weighted by atomic mass is 15.4. The van der Waals surface area contributed by atoms with Crippen LogP contribution in [0.4, 0.5) is 0 Å². The number of hydrogen-bond donors (Lipinski definition) is 0. The highest BCUT2D eigenvalue weighted by molar-refractivity contribution is 5.53. The van der Waals surface area contributed by atoms with Crippen LogP contribution in [0, 0.1) is 0 Å². The fraction of sp³-hybridized carbons (Fsp3) is 0.500. The van der Waals surface area contributed by atoms with Crippen LogP contribution in [0.2, 0.25) is 0 Å². The van der Waals surface area contributed by atoms with Gasteiger partial charge in [-0.15, -0.1) is 5.10 Å². The molecule has 0 bridgehead atoms. The first-order valence-corrected chi connectivity index (χ1v) is 9.47. The van der Waals surface area contributed by atoms with E-state index in [0.29, 0.717) is 5.92 Å². The Kier molecular flexibility index (Phi) is 3.33. The van der Waals surface area contributed by atoms with Crippen LogP contribution in [0.3, 0.4) is 0 Å². The van der Waals surface area contributed by atoms with E-state index in [-0.39, 0.29) is 11.6 Å². The Hall–Kier alpha value is -2.50. The number of aromatic nitrogens is 6. The van der Waals surface area contributed by atoms with Gasteiger partial charge in [-0.05, 0) is 64.2 Å². The zero-order valence-corrected chi connectivity index (χ0v) is 15.6. The molecule has 3 aromatic heterocycles. The van der Waals surface area contributed by atoms with Gasteiger partial charge in [0.05, 0.1) is 23.5 Å². The van der Waals surface area contributed by atoms with Gasteiger partial charge in [0.15, 0.2) is 0 Å². The van der Waals surface area contributed by atoms with Crippen molar-refractivity contribution < 1.29 is 0 Å². The smallest absolute Gasteiger partial charge is 0.133 e. The number of pyridine rings is 1. The predicted molar refractivity (Wildman–Crippen MR) is 98.9 cm³/mol. The Morgan fingerprint density at radius 3 is 2.73 bits per heavy atom. The van der Waals surface area contributed by atoms with Gasteiger partial charge >= 0.3 is 0 Å². The highest BCUT2D eigenvalue weighted by Gasteiger charge is 2.32. The van der Waals surface area contributed by atoms with Crippen LogP contribution < -0.4 is 0 Å². The van der Waals surface area contributed by atoms with Gasteiger partial charge in [0, 0.05) is 17.8 Å². The summed E-state index contributed by atoms with van der Waals surface area (Å²) >= 11 is 0. The zero-order valence-electron chi connectivity index (χ0n) is 15.6. The number of fused-ring (bicyclic) bond motifs is 1. The third-order valence-corrected chi connectivity index (χ3v) is 5.39. The fourth-order valence-electron chi connectivity index (χ4n) is 3.92. The van der Waals surface area contributed by atoms with Crippen molar-refractivity contribution in [3.05, 3.63) is 47.5 Å². The van der Waals surface area contributed by atoms with Crippen LogP contribution in [-0.2, 0) is 12.0 Å². The maximum Gasteiger partial charge on any atom is 0.133 e. The highest BCUT2D eigenvalue weighted by Crippen LogP contribution is 2.42. The Balaban J connectivity index is 1.50. The molecule has 2 aliphatic carbocycles. The summed E-state index contributed by atoms with van der Waals surface area (Å²) in [5.74, 6) is 0.649. The molecule has 1 saturated carbocycles. The molecule has 3 heterocycles. The molecule has 0 radical (unpaired) electrons. The molecular weight excluding hydrogens is 324 g/mol. The summed E-state index contributed by atoms with van der Waals surface area (Å²) in [5, 5.41) is 13.7. The average molecular weight is 348 g/mol. The van der Waals surface area contributed by atoms with Gasteiger partial charge in [-0.25, -0.2) is 4.68 Å². The van der Waals surface area contributed by atoms with Crippen LogP contribution in [0.1, 0.15) is 68.9 Å². The molecule has 26 heavy (non-hydrogen) atoms. The summed E-state index contributed by atoms with van der Waals surface area (Å²) in [6.45, 7) is 6.61. The quantitative estimate of drug-likeness (QED) is 0.724. The Bertz CT molecular complexity index is 957. The lowest BCUT2D eigenvalue weighted by molar-refractivity contribution is 0.344. The zero-order chi connectivity index (χ0) is 17.9. The van der Waals surface area contributed by atoms with Crippen LogP contribution in [0.15, 0.2) is 30.6 Å². The molecule has 6 nitrogen and oxygen atoms in total. The fourth-order valence-corrected chi connectivity index (χ4v) is 3.92. The van der Waals surface area contributed by atoms with Gasteiger partial charge in [-0.2, -0.15) is 5.10 Å². The second kappa shape index (κ2) is 5.50. The first-order chi connectivity index (χ1) is 12.5. The molecule has 0 spiro atoms. The van der Waals surface area contributed by atoms with E-state index >= 15 is 0 Å². The number of rotatable bonds is 3. The van der Waals surface area contributed by atoms with Crippen molar-refractivity contribution in [3.8, 4) is 11.4 Å². The third kappa shape index (κ3) is 2.55. The van der Waals surface area contributed by atoms with E-state index in [1.165, 1.54) is 24.1 Å². The first kappa shape index (κ1) is 15.7. The molecule has 2 aliphatic rings. The monoisotopic (exact) mass is 348 g/mol. The number of hydrogen-bond acceptors (Lipinski definition) is 4. The maximum atomic E-state index is 4.88. The number of aryl methyl sites for hydroxylation is 1. The van der Waals surface area contributed by atoms with Gasteiger partial charge in [0.25, 0.3) is 0 Å². The lowest BCUT2D eigenvalue weighted by atomic mass is 10.1. The molecule has 1 unspecified atom stereocenters. The molecule has 0 N–H and O–H groups in total. The van der Waals surface area contributed by atoms with E-state index in [1.54, 1.807) is 0 Å². The van der Waals surface area contributed by atoms with Crippen molar-refractivity contribution in [1.29, 1.82) is 0 Å². The van der Waals surface area contributed by atoms with Gasteiger partial charge in [-0.3, -0.25) is 9.67 Å². The van der Waals surface area contributed by atoms with Gasteiger partial charge in [0.2, 0.25) is 0 Å². The Morgan fingerprint density at radius 1 is 1.12 bits per heavy atom. The lowest BCUT2D eigenvalue weighted by Crippen LogP contribution is -2.25. The topological polar surface area (TPSA) is 61.4 Å². The third-order valence-electron chi connectivity index (χ3n) is 5.39. The second-order valence-electron chi connectivity index (χ2n) is 8.50. The standard InChI is InChI=1S/C20H24N6/c1-20(2,3)26-18(13-6-7-13)11-15(23-26)16-12-25(24-22-16)17-9-8-14-5-4-10-21-19(14)17/h4-5,10-13,17H,6-9H2,1-3H3.